The first kappa shape index (κ1) is 36.3. The summed E-state index contributed by atoms with van der Waals surface area (Å²) < 4.78 is 35.5. The molecule has 0 bridgehead atoms. The third-order valence-electron chi connectivity index (χ3n) is 10.9. The Morgan fingerprint density at radius 3 is 2.13 bits per heavy atom. The largest absolute Gasteiger partial charge is 0.462 e. The molecule has 2 saturated carbocycles. The third-order valence-corrected chi connectivity index (χ3v) is 10.9. The van der Waals surface area contributed by atoms with Crippen LogP contribution in [0.2, 0.25) is 0 Å². The molecule has 2 fully saturated rings. The molecule has 2 aliphatic carbocycles. The summed E-state index contributed by atoms with van der Waals surface area (Å²) in [5.74, 6) is 1.44. The van der Waals surface area contributed by atoms with Gasteiger partial charge in [-0.15, -0.1) is 0 Å². The molecule has 2 aliphatic rings. The molecule has 2 aromatic carbocycles. The van der Waals surface area contributed by atoms with Crippen molar-refractivity contribution in [1.82, 2.24) is 0 Å². The van der Waals surface area contributed by atoms with E-state index in [1.165, 1.54) is 18.4 Å². The zero-order chi connectivity index (χ0) is 32.9. The Morgan fingerprint density at radius 2 is 1.52 bits per heavy atom. The lowest BCUT2D eigenvalue weighted by Crippen LogP contribution is -2.25. The SMILES string of the molecule is C=C(CO)C(=O)OCCCC(CCCO)c1ccc(C2CCC(C3CCC(c4ccc(CCCCC)c(F)c4)CC3)CC2)c(F)c1. The number of halogens is 2. The molecule has 0 spiro atoms. The molecule has 2 N–H and O–H groups in total. The zero-order valence-corrected chi connectivity index (χ0v) is 28.0. The summed E-state index contributed by atoms with van der Waals surface area (Å²) in [4.78, 5) is 11.7. The Kier molecular flexibility index (Phi) is 14.7. The quantitative estimate of drug-likeness (QED) is 0.103. The van der Waals surface area contributed by atoms with Gasteiger partial charge in [-0.3, -0.25) is 0 Å². The maximum Gasteiger partial charge on any atom is 0.335 e. The molecular weight excluding hydrogens is 582 g/mol. The van der Waals surface area contributed by atoms with Gasteiger partial charge in [-0.2, -0.15) is 0 Å². The number of hydrogen-bond donors (Lipinski definition) is 2. The van der Waals surface area contributed by atoms with Crippen molar-refractivity contribution in [2.45, 2.75) is 127 Å². The summed E-state index contributed by atoms with van der Waals surface area (Å²) in [7, 11) is 0. The number of unbranched alkanes of at least 4 members (excludes halogenated alkanes) is 2. The molecule has 1 unspecified atom stereocenters. The highest BCUT2D eigenvalue weighted by atomic mass is 19.1. The average Bonchev–Trinajstić information content (AvgIpc) is 3.08. The molecule has 0 amide bonds. The first-order chi connectivity index (χ1) is 22.3. The van der Waals surface area contributed by atoms with E-state index in [0.29, 0.717) is 31.1 Å². The second-order valence-corrected chi connectivity index (χ2v) is 13.9. The number of ether oxygens (including phenoxy) is 1. The smallest absolute Gasteiger partial charge is 0.335 e. The van der Waals surface area contributed by atoms with Crippen molar-refractivity contribution in [3.05, 3.63) is 82.4 Å². The highest BCUT2D eigenvalue weighted by Crippen LogP contribution is 2.46. The van der Waals surface area contributed by atoms with Gasteiger partial charge in [0.25, 0.3) is 0 Å². The van der Waals surface area contributed by atoms with Gasteiger partial charge in [-0.1, -0.05) is 50.6 Å². The number of aryl methyl sites for hydroxylation is 1. The van der Waals surface area contributed by atoms with Gasteiger partial charge in [-0.25, -0.2) is 13.6 Å². The molecule has 46 heavy (non-hydrogen) atoms. The Balaban J connectivity index is 1.25. The Bertz CT molecular complexity index is 1240. The van der Waals surface area contributed by atoms with Crippen LogP contribution in [0.25, 0.3) is 0 Å². The van der Waals surface area contributed by atoms with Crippen LogP contribution in [0, 0.1) is 23.5 Å². The van der Waals surface area contributed by atoms with E-state index in [1.54, 1.807) is 12.1 Å². The van der Waals surface area contributed by atoms with Gasteiger partial charge in [0.1, 0.15) is 11.6 Å². The van der Waals surface area contributed by atoms with Gasteiger partial charge in [-0.05, 0) is 154 Å². The summed E-state index contributed by atoms with van der Waals surface area (Å²) in [6.07, 6.45) is 15.9. The first-order valence-corrected chi connectivity index (χ1v) is 18.0. The Labute approximate surface area is 275 Å². The minimum absolute atomic E-state index is 0.0282. The van der Waals surface area contributed by atoms with Crippen LogP contribution in [0.1, 0.15) is 143 Å². The predicted octanol–water partition coefficient (Wildman–Crippen LogP) is 9.67. The molecule has 0 aliphatic heterocycles. The maximum absolute atomic E-state index is 15.5. The molecule has 0 aromatic heterocycles. The lowest BCUT2D eigenvalue weighted by Gasteiger charge is -2.38. The molecule has 0 radical (unpaired) electrons. The average molecular weight is 639 g/mol. The van der Waals surface area contributed by atoms with Crippen molar-refractivity contribution in [1.29, 1.82) is 0 Å². The van der Waals surface area contributed by atoms with E-state index in [4.69, 9.17) is 9.84 Å². The fourth-order valence-electron chi connectivity index (χ4n) is 8.02. The van der Waals surface area contributed by atoms with Crippen molar-refractivity contribution in [2.75, 3.05) is 19.8 Å². The molecule has 4 nitrogen and oxygen atoms in total. The van der Waals surface area contributed by atoms with Gasteiger partial charge < -0.3 is 14.9 Å². The highest BCUT2D eigenvalue weighted by molar-refractivity contribution is 5.87. The van der Waals surface area contributed by atoms with E-state index in [9.17, 15) is 14.3 Å². The van der Waals surface area contributed by atoms with Crippen LogP contribution >= 0.6 is 0 Å². The Morgan fingerprint density at radius 1 is 0.848 bits per heavy atom. The van der Waals surface area contributed by atoms with E-state index >= 15 is 4.39 Å². The number of esters is 1. The minimum Gasteiger partial charge on any atom is -0.462 e. The minimum atomic E-state index is -0.595. The number of aliphatic hydroxyl groups is 2. The highest BCUT2D eigenvalue weighted by Gasteiger charge is 2.32. The van der Waals surface area contributed by atoms with Crippen molar-refractivity contribution in [3.8, 4) is 0 Å². The van der Waals surface area contributed by atoms with Crippen molar-refractivity contribution in [3.63, 3.8) is 0 Å². The summed E-state index contributed by atoms with van der Waals surface area (Å²) >= 11 is 0. The standard InChI is InChI=1S/C40H56F2O4/c1-3-4-5-8-34-19-20-35(25-38(34)41)32-13-11-30(12-14-32)31-15-17-33(18-16-31)37-22-21-36(26-39(37)42)29(9-6-23-43)10-7-24-46-40(45)28(2)27-44/h19-22,25-26,29-33,43-44H,2-18,23-24,27H2,1H3. The number of carbonyl (C=O) groups excluding carboxylic acids is 1. The monoisotopic (exact) mass is 638 g/mol. The van der Waals surface area contributed by atoms with E-state index in [1.807, 2.05) is 18.2 Å². The van der Waals surface area contributed by atoms with E-state index < -0.39 is 12.6 Å². The molecule has 0 heterocycles. The number of rotatable bonds is 17. The van der Waals surface area contributed by atoms with Crippen LogP contribution in [-0.2, 0) is 16.0 Å². The maximum atomic E-state index is 15.5. The van der Waals surface area contributed by atoms with Crippen LogP contribution < -0.4 is 0 Å². The summed E-state index contributed by atoms with van der Waals surface area (Å²) in [6.45, 7) is 5.52. The molecule has 0 saturated heterocycles. The van der Waals surface area contributed by atoms with Crippen LogP contribution in [0.15, 0.2) is 48.6 Å². The van der Waals surface area contributed by atoms with Crippen molar-refractivity contribution < 1.29 is 28.5 Å². The third kappa shape index (κ3) is 10.2. The summed E-state index contributed by atoms with van der Waals surface area (Å²) in [5, 5.41) is 18.4. The molecule has 4 rings (SSSR count). The normalized spacial score (nSPS) is 22.4. The topological polar surface area (TPSA) is 66.8 Å². The van der Waals surface area contributed by atoms with Crippen LogP contribution in [0.3, 0.4) is 0 Å². The second kappa shape index (κ2) is 18.7. The fourth-order valence-corrected chi connectivity index (χ4v) is 8.02. The molecule has 2 aromatic rings. The van der Waals surface area contributed by atoms with Crippen molar-refractivity contribution >= 4 is 5.97 Å². The summed E-state index contributed by atoms with van der Waals surface area (Å²) in [5.41, 5.74) is 3.81. The van der Waals surface area contributed by atoms with Crippen LogP contribution in [-0.4, -0.2) is 36.0 Å². The number of hydrogen-bond acceptors (Lipinski definition) is 4. The van der Waals surface area contributed by atoms with Gasteiger partial charge >= 0.3 is 5.97 Å². The van der Waals surface area contributed by atoms with Crippen LogP contribution in [0.5, 0.6) is 0 Å². The van der Waals surface area contributed by atoms with Gasteiger partial charge in [0.05, 0.1) is 18.8 Å². The molecule has 6 heteroatoms. The predicted molar refractivity (Wildman–Crippen MR) is 181 cm³/mol. The molecule has 1 atom stereocenters. The number of carbonyl (C=O) groups is 1. The lowest BCUT2D eigenvalue weighted by molar-refractivity contribution is -0.139. The zero-order valence-electron chi connectivity index (χ0n) is 28.0. The number of benzene rings is 2. The van der Waals surface area contributed by atoms with Gasteiger partial charge in [0, 0.05) is 6.61 Å². The molecule has 254 valence electrons. The Hall–Kier alpha value is -2.57. The van der Waals surface area contributed by atoms with Crippen LogP contribution in [0.4, 0.5) is 8.78 Å². The van der Waals surface area contributed by atoms with Gasteiger partial charge in [0.15, 0.2) is 0 Å². The van der Waals surface area contributed by atoms with Crippen molar-refractivity contribution in [2.24, 2.45) is 11.8 Å². The van der Waals surface area contributed by atoms with E-state index in [2.05, 4.69) is 19.6 Å². The van der Waals surface area contributed by atoms with E-state index in [-0.39, 0.29) is 42.3 Å². The fraction of sp³-hybridized carbons (Fsp3) is 0.625. The van der Waals surface area contributed by atoms with Gasteiger partial charge in [0.2, 0.25) is 0 Å². The molecular formula is C40H56F2O4. The van der Waals surface area contributed by atoms with E-state index in [0.717, 1.165) is 93.2 Å². The lowest BCUT2D eigenvalue weighted by atomic mass is 9.67. The summed E-state index contributed by atoms with van der Waals surface area (Å²) in [6, 6.07) is 11.7. The second-order valence-electron chi connectivity index (χ2n) is 13.9. The first-order valence-electron chi connectivity index (χ1n) is 18.0. The number of aliphatic hydroxyl groups excluding tert-OH is 2.